The fourth-order valence-electron chi connectivity index (χ4n) is 4.82. The molecule has 148 valence electrons. The Morgan fingerprint density at radius 3 is 2.54 bits per heavy atom. The van der Waals surface area contributed by atoms with E-state index in [0.29, 0.717) is 4.90 Å². The Balaban J connectivity index is 1.45. The summed E-state index contributed by atoms with van der Waals surface area (Å²) in [6.07, 6.45) is 8.94. The lowest BCUT2D eigenvalue weighted by molar-refractivity contribution is 0.260. The van der Waals surface area contributed by atoms with E-state index in [4.69, 9.17) is 0 Å². The summed E-state index contributed by atoms with van der Waals surface area (Å²) < 4.78 is 18.6. The van der Waals surface area contributed by atoms with Crippen molar-refractivity contribution in [3.8, 4) is 0 Å². The van der Waals surface area contributed by atoms with E-state index in [0.717, 1.165) is 69.5 Å². The zero-order valence-corrected chi connectivity index (χ0v) is 16.8. The zero-order valence-electron chi connectivity index (χ0n) is 16.0. The van der Waals surface area contributed by atoms with Crippen LogP contribution >= 0.6 is 0 Å². The molecule has 0 atom stereocenters. The van der Waals surface area contributed by atoms with Gasteiger partial charge in [-0.15, -0.1) is 10.6 Å². The molecular weight excluding hydrogens is 374 g/mol. The number of hydrogen-bond acceptors (Lipinski definition) is 5. The molecule has 0 radical (unpaired) electrons. The molecule has 2 aromatic rings. The molecule has 2 aliphatic carbocycles. The summed E-state index contributed by atoms with van der Waals surface area (Å²) in [6.45, 7) is 1.68. The summed E-state index contributed by atoms with van der Waals surface area (Å²) in [5.74, 6) is 0.794. The summed E-state index contributed by atoms with van der Waals surface area (Å²) in [5.41, 5.74) is 6.13. The second-order valence-electron chi connectivity index (χ2n) is 7.84. The van der Waals surface area contributed by atoms with Gasteiger partial charge in [-0.25, -0.2) is 4.79 Å². The number of rotatable bonds is 2. The number of nitrogens with one attached hydrogen (secondary N) is 1. The predicted molar refractivity (Wildman–Crippen MR) is 108 cm³/mol. The first-order valence-electron chi connectivity index (χ1n) is 10.00. The van der Waals surface area contributed by atoms with Crippen molar-refractivity contribution in [3.63, 3.8) is 0 Å². The maximum atomic E-state index is 12.8. The van der Waals surface area contributed by atoms with Crippen LogP contribution in [0.4, 0.5) is 16.3 Å². The number of anilines is 2. The van der Waals surface area contributed by atoms with E-state index in [1.54, 1.807) is 6.20 Å². The molecule has 1 aromatic carbocycles. The van der Waals surface area contributed by atoms with Crippen molar-refractivity contribution < 1.29 is 9.00 Å². The fraction of sp³-hybridized carbons (Fsp3) is 0.500. The van der Waals surface area contributed by atoms with E-state index >= 15 is 0 Å². The molecule has 5 rings (SSSR count). The molecule has 0 saturated heterocycles. The Hall–Kier alpha value is -2.35. The van der Waals surface area contributed by atoms with E-state index in [1.807, 2.05) is 16.6 Å². The van der Waals surface area contributed by atoms with Crippen LogP contribution in [0.3, 0.4) is 0 Å². The van der Waals surface area contributed by atoms with Crippen LogP contribution in [0.1, 0.15) is 41.5 Å². The molecular formula is C20H24N5O2S-. The molecule has 0 fully saturated rings. The molecule has 3 aliphatic rings. The number of carbonyl (C=O) groups is 1. The number of aryl methyl sites for hydroxylation is 3. The van der Waals surface area contributed by atoms with Crippen molar-refractivity contribution in [3.05, 3.63) is 34.5 Å². The molecule has 1 aromatic heterocycles. The molecule has 0 unspecified atom stereocenters. The average molecular weight is 399 g/mol. The molecule has 0 saturated carbocycles. The summed E-state index contributed by atoms with van der Waals surface area (Å²) in [4.78, 5) is 15.2. The normalized spacial score (nSPS) is 18.7. The smallest absolute Gasteiger partial charge is 0.322 e. The maximum absolute atomic E-state index is 12.8. The Bertz CT molecular complexity index is 1020. The first-order valence-corrected chi connectivity index (χ1v) is 11.1. The van der Waals surface area contributed by atoms with Crippen LogP contribution in [-0.4, -0.2) is 29.4 Å². The molecule has 7 nitrogen and oxygen atoms in total. The van der Waals surface area contributed by atoms with Crippen LogP contribution < -0.4 is 10.2 Å². The van der Waals surface area contributed by atoms with Gasteiger partial charge in [0.15, 0.2) is 0 Å². The summed E-state index contributed by atoms with van der Waals surface area (Å²) in [5, 5.41) is 7.29. The van der Waals surface area contributed by atoms with Crippen LogP contribution in [-0.2, 0) is 47.0 Å². The number of carbonyl (C=O) groups excluding carboxylic acids is 1. The van der Waals surface area contributed by atoms with Gasteiger partial charge < -0.3 is 18.8 Å². The Morgan fingerprint density at radius 1 is 1.11 bits per heavy atom. The Morgan fingerprint density at radius 2 is 1.82 bits per heavy atom. The molecule has 28 heavy (non-hydrogen) atoms. The van der Waals surface area contributed by atoms with Crippen LogP contribution in [0.2, 0.25) is 0 Å². The number of fused-ring (bicyclic) bond motifs is 3. The highest BCUT2D eigenvalue weighted by molar-refractivity contribution is 7.75. The predicted octanol–water partition coefficient (Wildman–Crippen LogP) is 3.44. The molecule has 8 heteroatoms. The third-order valence-electron chi connectivity index (χ3n) is 6.06. The minimum atomic E-state index is -1.77. The van der Waals surface area contributed by atoms with Gasteiger partial charge in [-0.3, -0.25) is 4.68 Å². The van der Waals surface area contributed by atoms with Crippen molar-refractivity contribution >= 4 is 28.1 Å². The van der Waals surface area contributed by atoms with Crippen molar-refractivity contribution in [2.45, 2.75) is 56.4 Å². The molecule has 2 amide bonds. The molecule has 0 bridgehead atoms. The lowest BCUT2D eigenvalue weighted by atomic mass is 9.99. The van der Waals surface area contributed by atoms with Crippen LogP contribution in [0.15, 0.2) is 21.5 Å². The van der Waals surface area contributed by atoms with Crippen molar-refractivity contribution in [1.82, 2.24) is 9.78 Å². The quantitative estimate of drug-likeness (QED) is 0.786. The highest BCUT2D eigenvalue weighted by Gasteiger charge is 2.24. The maximum Gasteiger partial charge on any atom is 0.322 e. The average Bonchev–Trinajstić information content (AvgIpc) is 3.40. The van der Waals surface area contributed by atoms with Crippen molar-refractivity contribution in [2.75, 3.05) is 23.8 Å². The Kier molecular flexibility index (Phi) is 4.38. The molecule has 1 N–H and O–H groups in total. The molecule has 0 spiro atoms. The van der Waals surface area contributed by atoms with Crippen molar-refractivity contribution in [1.29, 1.82) is 0 Å². The minimum Gasteiger partial charge on any atom is -0.439 e. The molecule has 1 aliphatic heterocycles. The highest BCUT2D eigenvalue weighted by atomic mass is 32.2. The number of amides is 2. The van der Waals surface area contributed by atoms with E-state index < -0.39 is 16.6 Å². The largest absolute Gasteiger partial charge is 0.439 e. The number of urea groups is 1. The monoisotopic (exact) mass is 398 g/mol. The minimum absolute atomic E-state index is 0.501. The van der Waals surface area contributed by atoms with Gasteiger partial charge in [0.1, 0.15) is 5.82 Å². The van der Waals surface area contributed by atoms with Gasteiger partial charge in [-0.2, -0.15) is 5.10 Å². The van der Waals surface area contributed by atoms with E-state index in [2.05, 4.69) is 20.8 Å². The second kappa shape index (κ2) is 6.92. The number of benzene rings is 1. The lowest BCUT2D eigenvalue weighted by Gasteiger charge is -2.27. The van der Waals surface area contributed by atoms with Gasteiger partial charge in [0.2, 0.25) is 0 Å². The van der Waals surface area contributed by atoms with Gasteiger partial charge in [-0.1, -0.05) is 6.07 Å². The van der Waals surface area contributed by atoms with Gasteiger partial charge in [0, 0.05) is 32.0 Å². The lowest BCUT2D eigenvalue weighted by Crippen LogP contribution is -2.28. The van der Waals surface area contributed by atoms with Gasteiger partial charge in [0.25, 0.3) is 0 Å². The van der Waals surface area contributed by atoms with E-state index in [-0.39, 0.29) is 0 Å². The second-order valence-corrected chi connectivity index (χ2v) is 8.96. The highest BCUT2D eigenvalue weighted by Crippen LogP contribution is 2.38. The zero-order chi connectivity index (χ0) is 19.3. The van der Waals surface area contributed by atoms with Crippen LogP contribution in [0.5, 0.6) is 0 Å². The molecule has 2 heterocycles. The summed E-state index contributed by atoms with van der Waals surface area (Å²) in [7, 11) is 0.174. The topological polar surface area (TPSA) is 79.6 Å². The van der Waals surface area contributed by atoms with Crippen LogP contribution in [0, 0.1) is 0 Å². The first-order chi connectivity index (χ1) is 13.6. The third kappa shape index (κ3) is 2.90. The van der Waals surface area contributed by atoms with Crippen LogP contribution in [0.25, 0.3) is 0 Å². The van der Waals surface area contributed by atoms with E-state index in [9.17, 15) is 9.00 Å². The number of nitrogens with zero attached hydrogens (tertiary/aromatic N) is 4. The van der Waals surface area contributed by atoms with Gasteiger partial charge >= 0.3 is 6.03 Å². The number of aromatic nitrogens is 2. The summed E-state index contributed by atoms with van der Waals surface area (Å²) >= 11 is 0. The van der Waals surface area contributed by atoms with Gasteiger partial charge in [0.05, 0.1) is 0 Å². The first kappa shape index (κ1) is 17.7. The number of hydrogen-bond donors (Lipinski definition) is 1. The van der Waals surface area contributed by atoms with E-state index in [1.165, 1.54) is 22.3 Å². The third-order valence-corrected chi connectivity index (χ3v) is 7.06. The SMILES string of the molecule is CN1CCCn2ncc([S-](=O)=NC(=O)Nc3c4c(cc5c3CCC5)CCC4)c21. The van der Waals surface area contributed by atoms with Crippen molar-refractivity contribution in [2.24, 2.45) is 4.36 Å². The van der Waals surface area contributed by atoms with Gasteiger partial charge in [-0.05, 0) is 72.1 Å². The standard InChI is InChI=1S/C20H24N5O2S/c1-24-9-4-10-25-19(24)17(12-21-25)28(27)23-20(26)22-18-15-7-2-5-13(15)11-14-6-3-8-16(14)18/h11-12H,2-10H2,1H3,(H,22,26)/q-1. The fourth-order valence-corrected chi connectivity index (χ4v) is 5.67. The Labute approximate surface area is 166 Å². The summed E-state index contributed by atoms with van der Waals surface area (Å²) in [6, 6.07) is 1.79.